The van der Waals surface area contributed by atoms with E-state index in [2.05, 4.69) is 17.3 Å². The summed E-state index contributed by atoms with van der Waals surface area (Å²) in [7, 11) is 4.11. The maximum absolute atomic E-state index is 9.54. The number of anilines is 1. The summed E-state index contributed by atoms with van der Waals surface area (Å²) in [4.78, 5) is 2.28. The summed E-state index contributed by atoms with van der Waals surface area (Å²) in [6, 6.07) is 5.71. The van der Waals surface area contributed by atoms with Crippen LogP contribution in [0, 0.1) is 0 Å². The van der Waals surface area contributed by atoms with Crippen LogP contribution < -0.4 is 10.2 Å². The molecular weight excluding hydrogens is 200 g/mol. The van der Waals surface area contributed by atoms with Gasteiger partial charge in [-0.3, -0.25) is 0 Å². The highest BCUT2D eigenvalue weighted by Crippen LogP contribution is 2.39. The Morgan fingerprint density at radius 2 is 2.31 bits per heavy atom. The van der Waals surface area contributed by atoms with E-state index in [0.717, 1.165) is 13.1 Å². The van der Waals surface area contributed by atoms with Gasteiger partial charge in [0.2, 0.25) is 0 Å². The van der Waals surface area contributed by atoms with Crippen molar-refractivity contribution in [2.75, 3.05) is 32.1 Å². The quantitative estimate of drug-likeness (QED) is 0.761. The van der Waals surface area contributed by atoms with Gasteiger partial charge >= 0.3 is 0 Å². The summed E-state index contributed by atoms with van der Waals surface area (Å²) in [6.07, 6.45) is 2.37. The molecule has 88 valence electrons. The maximum Gasteiger partial charge on any atom is 0.116 e. The summed E-state index contributed by atoms with van der Waals surface area (Å²) >= 11 is 0. The molecule has 1 atom stereocenters. The highest BCUT2D eigenvalue weighted by molar-refractivity contribution is 5.61. The third-order valence-corrected chi connectivity index (χ3v) is 3.34. The molecule has 0 aromatic heterocycles. The van der Waals surface area contributed by atoms with Crippen molar-refractivity contribution in [3.63, 3.8) is 0 Å². The number of nitrogens with one attached hydrogen (secondary N) is 1. The lowest BCUT2D eigenvalue weighted by Gasteiger charge is -2.12. The van der Waals surface area contributed by atoms with Gasteiger partial charge in [-0.15, -0.1) is 0 Å². The summed E-state index contributed by atoms with van der Waals surface area (Å²) < 4.78 is 0. The van der Waals surface area contributed by atoms with E-state index in [1.54, 1.807) is 6.07 Å². The minimum Gasteiger partial charge on any atom is -0.508 e. The van der Waals surface area contributed by atoms with Crippen molar-refractivity contribution in [1.82, 2.24) is 5.32 Å². The molecule has 3 nitrogen and oxygen atoms in total. The van der Waals surface area contributed by atoms with Crippen LogP contribution in [-0.4, -0.2) is 32.3 Å². The van der Waals surface area contributed by atoms with Crippen LogP contribution in [0.3, 0.4) is 0 Å². The van der Waals surface area contributed by atoms with Crippen molar-refractivity contribution >= 4 is 5.69 Å². The lowest BCUT2D eigenvalue weighted by molar-refractivity contribution is 0.474. The molecule has 16 heavy (non-hydrogen) atoms. The van der Waals surface area contributed by atoms with Crippen molar-refractivity contribution in [2.24, 2.45) is 0 Å². The van der Waals surface area contributed by atoms with Gasteiger partial charge in [-0.1, -0.05) is 0 Å². The van der Waals surface area contributed by atoms with Crippen LogP contribution in [0.1, 0.15) is 24.3 Å². The van der Waals surface area contributed by atoms with Gasteiger partial charge in [0.15, 0.2) is 0 Å². The highest BCUT2D eigenvalue weighted by Gasteiger charge is 2.25. The highest BCUT2D eigenvalue weighted by atomic mass is 16.3. The molecule has 0 bridgehead atoms. The number of benzene rings is 1. The van der Waals surface area contributed by atoms with Crippen LogP contribution >= 0.6 is 0 Å². The molecular formula is C13H20N2O. The molecule has 0 aliphatic carbocycles. The molecule has 1 aliphatic heterocycles. The number of fused-ring (bicyclic) bond motifs is 1. The van der Waals surface area contributed by atoms with Crippen molar-refractivity contribution in [1.29, 1.82) is 0 Å². The molecule has 1 heterocycles. The molecule has 1 aromatic carbocycles. The zero-order valence-corrected chi connectivity index (χ0v) is 10.0. The van der Waals surface area contributed by atoms with Crippen molar-refractivity contribution < 1.29 is 5.11 Å². The van der Waals surface area contributed by atoms with Gasteiger partial charge in [-0.05, 0) is 50.2 Å². The van der Waals surface area contributed by atoms with Gasteiger partial charge in [-0.25, -0.2) is 0 Å². The van der Waals surface area contributed by atoms with Gasteiger partial charge < -0.3 is 15.3 Å². The van der Waals surface area contributed by atoms with Crippen LogP contribution in [-0.2, 0) is 0 Å². The minimum atomic E-state index is 0.382. The second kappa shape index (κ2) is 4.74. The zero-order valence-electron chi connectivity index (χ0n) is 10.0. The Bertz CT molecular complexity index is 365. The number of hydrogen-bond donors (Lipinski definition) is 2. The lowest BCUT2D eigenvalue weighted by atomic mass is 9.96. The Morgan fingerprint density at radius 3 is 3.06 bits per heavy atom. The van der Waals surface area contributed by atoms with Crippen LogP contribution in [0.5, 0.6) is 5.75 Å². The largest absolute Gasteiger partial charge is 0.508 e. The number of aromatic hydroxyl groups is 1. The number of nitrogens with zero attached hydrogens (tertiary/aromatic N) is 1. The molecule has 2 N–H and O–H groups in total. The summed E-state index contributed by atoms with van der Waals surface area (Å²) in [5.74, 6) is 0.952. The standard InChI is InChI=1S/C13H20N2O/c1-14-7-3-4-10-9-15(2)13-6-5-11(16)8-12(10)13/h5-6,8,10,14,16H,3-4,7,9H2,1-2H3. The van der Waals surface area contributed by atoms with Crippen LogP contribution in [0.15, 0.2) is 18.2 Å². The first kappa shape index (κ1) is 11.3. The third-order valence-electron chi connectivity index (χ3n) is 3.34. The molecule has 0 saturated heterocycles. The number of rotatable bonds is 4. The minimum absolute atomic E-state index is 0.382. The molecule has 0 spiro atoms. The van der Waals surface area contributed by atoms with E-state index in [-0.39, 0.29) is 0 Å². The van der Waals surface area contributed by atoms with E-state index in [1.165, 1.54) is 24.1 Å². The first-order valence-electron chi connectivity index (χ1n) is 5.91. The van der Waals surface area contributed by atoms with Gasteiger partial charge in [0, 0.05) is 25.2 Å². The molecule has 0 fully saturated rings. The Morgan fingerprint density at radius 1 is 1.50 bits per heavy atom. The first-order chi connectivity index (χ1) is 7.72. The van der Waals surface area contributed by atoms with Crippen LogP contribution in [0.25, 0.3) is 0 Å². The van der Waals surface area contributed by atoms with E-state index in [0.29, 0.717) is 11.7 Å². The molecule has 2 rings (SSSR count). The molecule has 0 amide bonds. The fourth-order valence-corrected chi connectivity index (χ4v) is 2.52. The average Bonchev–Trinajstić information content (AvgIpc) is 2.56. The lowest BCUT2D eigenvalue weighted by Crippen LogP contribution is -2.16. The normalized spacial score (nSPS) is 18.9. The average molecular weight is 220 g/mol. The van der Waals surface area contributed by atoms with Crippen molar-refractivity contribution in [3.8, 4) is 5.75 Å². The van der Waals surface area contributed by atoms with Gasteiger partial charge in [-0.2, -0.15) is 0 Å². The number of phenols is 1. The van der Waals surface area contributed by atoms with Crippen molar-refractivity contribution in [2.45, 2.75) is 18.8 Å². The van der Waals surface area contributed by atoms with Crippen LogP contribution in [0.2, 0.25) is 0 Å². The zero-order chi connectivity index (χ0) is 11.5. The smallest absolute Gasteiger partial charge is 0.116 e. The van der Waals surface area contributed by atoms with Gasteiger partial charge in [0.05, 0.1) is 0 Å². The monoisotopic (exact) mass is 220 g/mol. The van der Waals surface area contributed by atoms with E-state index < -0.39 is 0 Å². The Balaban J connectivity index is 2.11. The third kappa shape index (κ3) is 2.14. The Hall–Kier alpha value is -1.22. The number of likely N-dealkylation sites (N-methyl/N-ethyl adjacent to an activating group) is 1. The summed E-state index contributed by atoms with van der Waals surface area (Å²) in [6.45, 7) is 2.14. The van der Waals surface area contributed by atoms with Crippen molar-refractivity contribution in [3.05, 3.63) is 23.8 Å². The molecule has 0 saturated carbocycles. The van der Waals surface area contributed by atoms with Gasteiger partial charge in [0.1, 0.15) is 5.75 Å². The molecule has 1 aromatic rings. The number of phenolic OH excluding ortho intramolecular Hbond substituents is 1. The van der Waals surface area contributed by atoms with Crippen LogP contribution in [0.4, 0.5) is 5.69 Å². The second-order valence-electron chi connectivity index (χ2n) is 4.57. The Kier molecular flexibility index (Phi) is 3.34. The topological polar surface area (TPSA) is 35.5 Å². The predicted molar refractivity (Wildman–Crippen MR) is 67.3 cm³/mol. The van der Waals surface area contributed by atoms with E-state index in [4.69, 9.17) is 0 Å². The number of hydrogen-bond acceptors (Lipinski definition) is 3. The molecule has 0 radical (unpaired) electrons. The summed E-state index contributed by atoms with van der Waals surface area (Å²) in [5.41, 5.74) is 2.57. The van der Waals surface area contributed by atoms with Gasteiger partial charge in [0.25, 0.3) is 0 Å². The molecule has 3 heteroatoms. The maximum atomic E-state index is 9.54. The van der Waals surface area contributed by atoms with E-state index >= 15 is 0 Å². The molecule has 1 aliphatic rings. The van der Waals surface area contributed by atoms with E-state index in [9.17, 15) is 5.11 Å². The second-order valence-corrected chi connectivity index (χ2v) is 4.57. The fraction of sp³-hybridized carbons (Fsp3) is 0.538. The molecule has 1 unspecified atom stereocenters. The fourth-order valence-electron chi connectivity index (χ4n) is 2.52. The summed E-state index contributed by atoms with van der Waals surface area (Å²) in [5, 5.41) is 12.7. The van der Waals surface area contributed by atoms with E-state index in [1.807, 2.05) is 19.2 Å². The predicted octanol–water partition coefficient (Wildman–Crippen LogP) is 1.93. The Labute approximate surface area is 97.1 Å². The SMILES string of the molecule is CNCCCC1CN(C)c2ccc(O)cc21. The first-order valence-corrected chi connectivity index (χ1v) is 5.91.